The number of hydrogen-bond acceptors (Lipinski definition) is 18. The van der Waals surface area contributed by atoms with E-state index in [0.29, 0.717) is 12.8 Å². The third kappa shape index (κ3) is 16.4. The van der Waals surface area contributed by atoms with E-state index >= 15 is 13.2 Å². The summed E-state index contributed by atoms with van der Waals surface area (Å²) in [5.74, 6) is -6.55. The summed E-state index contributed by atoms with van der Waals surface area (Å²) in [7, 11) is 3.39. The van der Waals surface area contributed by atoms with Gasteiger partial charge in [0.2, 0.25) is 0 Å². The molecule has 71 heavy (non-hydrogen) atoms. The molecule has 12 atom stereocenters. The Labute approximate surface area is 409 Å². The second kappa shape index (κ2) is 27.4. The van der Waals surface area contributed by atoms with Crippen LogP contribution >= 0.6 is 9.12 Å². The zero-order valence-electron chi connectivity index (χ0n) is 38.7. The molecule has 2 heterocycles. The Bertz CT molecular complexity index is 2360. The van der Waals surface area contributed by atoms with Crippen molar-refractivity contribution in [2.75, 3.05) is 19.8 Å². The topological polar surface area (TPSA) is 248 Å². The zero-order valence-corrected chi connectivity index (χ0v) is 39.9. The Hall–Kier alpha value is -6.22. The van der Waals surface area contributed by atoms with Crippen molar-refractivity contribution in [1.29, 1.82) is 0 Å². The number of carbonyl (C=O) groups excluding carboxylic acids is 5. The summed E-state index contributed by atoms with van der Waals surface area (Å²) in [5, 5.41) is 3.73. The van der Waals surface area contributed by atoms with E-state index in [1.807, 2.05) is 6.92 Å². The summed E-state index contributed by atoms with van der Waals surface area (Å²) in [5.41, 5.74) is 9.76. The number of aliphatic imine (C=N–C) groups is 1. The minimum atomic E-state index is -5.37. The Kier molecular flexibility index (Phi) is 21.5. The molecule has 0 spiro atoms. The van der Waals surface area contributed by atoms with Crippen LogP contribution in [0, 0.1) is 0 Å². The Morgan fingerprint density at radius 1 is 0.746 bits per heavy atom. The van der Waals surface area contributed by atoms with Crippen LogP contribution < -0.4 is 0 Å². The van der Waals surface area contributed by atoms with Gasteiger partial charge in [-0.3, -0.25) is 0 Å². The van der Waals surface area contributed by atoms with E-state index in [-0.39, 0.29) is 23.4 Å². The number of rotatable bonds is 21. The van der Waals surface area contributed by atoms with E-state index in [1.54, 1.807) is 30.3 Å². The van der Waals surface area contributed by atoms with Crippen molar-refractivity contribution in [3.63, 3.8) is 0 Å². The van der Waals surface area contributed by atoms with Crippen LogP contribution in [0.2, 0.25) is 0 Å². The van der Waals surface area contributed by atoms with Crippen LogP contribution in [0.1, 0.15) is 61.3 Å². The molecule has 378 valence electrons. The monoisotopic (exact) mass is 1010 g/mol. The summed E-state index contributed by atoms with van der Waals surface area (Å²) in [6.07, 6.45) is -22.8. The van der Waals surface area contributed by atoms with Crippen molar-refractivity contribution in [2.24, 2.45) is 10.1 Å². The quantitative estimate of drug-likeness (QED) is 0.0115. The number of azide groups is 1. The average molecular weight is 1010 g/mol. The third-order valence-electron chi connectivity index (χ3n) is 10.3. The molecule has 2 fully saturated rings. The number of carbonyl (C=O) groups is 5. The second-order valence-electron chi connectivity index (χ2n) is 15.5. The average Bonchev–Trinajstić information content (AvgIpc) is 3.34. The number of ether oxygens (including phenoxy) is 10. The van der Waals surface area contributed by atoms with E-state index in [4.69, 9.17) is 52.0 Å². The first-order valence-electron chi connectivity index (χ1n) is 22.0. The maximum absolute atomic E-state index is 15.3. The second-order valence-corrected chi connectivity index (χ2v) is 15.9. The molecule has 0 radical (unpaired) electrons. The zero-order chi connectivity index (χ0) is 51.5. The molecule has 0 bridgehead atoms. The number of para-hydroxylation sites is 1. The van der Waals surface area contributed by atoms with Gasteiger partial charge >= 0.3 is 410 Å². The molecule has 3 aromatic rings. The predicted molar refractivity (Wildman–Crippen MR) is 247 cm³/mol. The van der Waals surface area contributed by atoms with E-state index in [2.05, 4.69) is 24.1 Å². The first kappa shape index (κ1) is 55.7. The van der Waals surface area contributed by atoms with Gasteiger partial charge < -0.3 is 0 Å². The predicted octanol–water partition coefficient (Wildman–Crippen LogP) is 5.92. The van der Waals surface area contributed by atoms with Gasteiger partial charge in [0.15, 0.2) is 0 Å². The number of benzene rings is 3. The summed E-state index contributed by atoms with van der Waals surface area (Å²) >= 11 is 0. The van der Waals surface area contributed by atoms with Crippen LogP contribution in [0.15, 0.2) is 101 Å². The molecule has 0 aromatic heterocycles. The van der Waals surface area contributed by atoms with Crippen LogP contribution in [-0.2, 0) is 66.4 Å². The molecule has 6 unspecified atom stereocenters. The van der Waals surface area contributed by atoms with Crippen molar-refractivity contribution < 1.29 is 89.2 Å². The minimum absolute atomic E-state index is 0.00614. The first-order valence-corrected chi connectivity index (χ1v) is 22.7. The number of unbranched alkanes of at least 4 members (excludes halogenated alkanes) is 1. The van der Waals surface area contributed by atoms with Gasteiger partial charge in [-0.25, -0.2) is 0 Å². The summed E-state index contributed by atoms with van der Waals surface area (Å²) in [6, 6.07) is 20.3. The van der Waals surface area contributed by atoms with Crippen LogP contribution in [-0.4, -0.2) is 143 Å². The number of esters is 5. The van der Waals surface area contributed by atoms with Gasteiger partial charge in [-0.15, -0.1) is 0 Å². The van der Waals surface area contributed by atoms with Gasteiger partial charge in [0.25, 0.3) is 0 Å². The fraction of sp³-hybridized carbons (Fsp3) is 0.467. The van der Waals surface area contributed by atoms with Gasteiger partial charge in [0.05, 0.1) is 0 Å². The van der Waals surface area contributed by atoms with E-state index in [9.17, 15) is 29.5 Å². The summed E-state index contributed by atoms with van der Waals surface area (Å²) < 4.78 is 111. The summed E-state index contributed by atoms with van der Waals surface area (Å²) in [6.45, 7) is 4.91. The van der Waals surface area contributed by atoms with Crippen molar-refractivity contribution in [3.05, 3.63) is 113 Å². The van der Waals surface area contributed by atoms with E-state index in [1.165, 1.54) is 67.2 Å². The number of nitrogens with zero attached hydrogens (tertiary/aromatic N) is 4. The first-order chi connectivity index (χ1) is 34.0. The van der Waals surface area contributed by atoms with Crippen LogP contribution in [0.5, 0.6) is 0 Å². The van der Waals surface area contributed by atoms with E-state index in [0.717, 1.165) is 27.8 Å². The van der Waals surface area contributed by atoms with Gasteiger partial charge in [-0.1, -0.05) is 0 Å². The molecule has 0 N–H and O–H groups in total. The van der Waals surface area contributed by atoms with Crippen molar-refractivity contribution in [2.45, 2.75) is 114 Å². The van der Waals surface area contributed by atoms with Crippen molar-refractivity contribution in [3.8, 4) is 0 Å². The van der Waals surface area contributed by atoms with Crippen molar-refractivity contribution in [1.82, 2.24) is 0 Å². The molecule has 2 aliphatic rings. The molecule has 20 nitrogen and oxygen atoms in total. The molecule has 2 saturated heterocycles. The Morgan fingerprint density at radius 2 is 1.35 bits per heavy atom. The number of halogens is 3. The van der Waals surface area contributed by atoms with Gasteiger partial charge in [0.1, 0.15) is 0 Å². The van der Waals surface area contributed by atoms with Crippen molar-refractivity contribution >= 4 is 64.1 Å². The molecule has 0 amide bonds. The molecule has 0 aliphatic carbocycles. The summed E-state index contributed by atoms with van der Waals surface area (Å²) in [4.78, 5) is 71.4. The van der Waals surface area contributed by atoms with Gasteiger partial charge in [0, 0.05) is 0 Å². The molecule has 5 rings (SSSR count). The van der Waals surface area contributed by atoms with Gasteiger partial charge in [-0.05, 0) is 0 Å². The SMILES string of the molecule is CCCCO[C@@H](COC(=O)c1ccccc1)C1O[C@@H](OC(=Nc2ccccc2)C(F)(F)F)[C@H](O[C@H]2OC(COC(C)=O)[C@@H](OC(C)=O)C(OC(C)=O)C2N=[N+]=[N-])C(OC(=O)c2ccccc2)[C@@H]1OB=BP. The van der Waals surface area contributed by atoms with Crippen LogP contribution in [0.3, 0.4) is 0 Å². The molecule has 3 aromatic carbocycles. The molecule has 26 heteroatoms. The van der Waals surface area contributed by atoms with E-state index < -0.39 is 123 Å². The molecular formula is C45H50B2F3N4O16P. The standard InChI is InChI=1S/C45H50B2F3N4O16P/c1-5-6-22-60-31(23-62-40(58)28-16-10-7-11-17-28)34-38(70-46-47-71)37(66-41(59)29-18-12-8-13-19-29)39(43(67-34)69-44(45(48,49)50)52-30-20-14-9-15-21-30)68-42-33(53-54-51)36(64-27(4)57)35(63-26(3)56)32(65-42)24-61-25(2)55/h7-21,31-39,42-43H,5-6,22-24,71H2,1-4H3/t31-,32?,33?,34?,35+,36?,37?,38+,39+,42+,43-/m0/s1. The maximum atomic E-state index is 15.3. The molecule has 2 aliphatic heterocycles. The van der Waals surface area contributed by atoms with Gasteiger partial charge in [-0.2, -0.15) is 0 Å². The van der Waals surface area contributed by atoms with Crippen LogP contribution in [0.4, 0.5) is 18.9 Å². The molecular weight excluding hydrogens is 962 g/mol. The number of hydrogen-bond donors (Lipinski definition) is 0. The molecule has 0 saturated carbocycles. The Morgan fingerprint density at radius 3 is 1.92 bits per heavy atom. The third-order valence-corrected chi connectivity index (χ3v) is 10.4. The normalized spacial score (nSPS) is 24.6. The fourth-order valence-electron chi connectivity index (χ4n) is 7.22. The fourth-order valence-corrected chi connectivity index (χ4v) is 7.31. The van der Waals surface area contributed by atoms with Crippen LogP contribution in [0.25, 0.3) is 10.4 Å². The number of alkyl halides is 3. The Balaban J connectivity index is 1.75.